The fraction of sp³-hybridized carbons (Fsp3) is 0.647. The Morgan fingerprint density at radius 2 is 1.90 bits per heavy atom. The zero-order valence-electron chi connectivity index (χ0n) is 12.8. The second kappa shape index (κ2) is 7.78. The van der Waals surface area contributed by atoms with Crippen LogP contribution in [0.2, 0.25) is 0 Å². The maximum atomic E-state index is 9.95. The third-order valence-electron chi connectivity index (χ3n) is 4.34. The molecule has 118 valence electrons. The molecular weight excluding hydrogens is 266 g/mol. The van der Waals surface area contributed by atoms with Gasteiger partial charge in [-0.25, -0.2) is 0 Å². The van der Waals surface area contributed by atoms with Gasteiger partial charge in [0.15, 0.2) is 0 Å². The number of aliphatic hydroxyl groups excluding tert-OH is 2. The first-order chi connectivity index (χ1) is 10.1. The molecule has 0 saturated heterocycles. The van der Waals surface area contributed by atoms with Crippen LogP contribution in [-0.4, -0.2) is 42.6 Å². The molecule has 0 aromatic heterocycles. The lowest BCUT2D eigenvalue weighted by molar-refractivity contribution is 0.0918. The lowest BCUT2D eigenvalue weighted by Crippen LogP contribution is -2.40. The highest BCUT2D eigenvalue weighted by Crippen LogP contribution is 2.36. The van der Waals surface area contributed by atoms with Crippen LogP contribution in [0.3, 0.4) is 0 Å². The fourth-order valence-electron chi connectivity index (χ4n) is 2.91. The van der Waals surface area contributed by atoms with E-state index in [2.05, 4.69) is 5.32 Å². The maximum Gasteiger partial charge on any atom is 0.119 e. The van der Waals surface area contributed by atoms with Gasteiger partial charge in [-0.05, 0) is 31.9 Å². The van der Waals surface area contributed by atoms with Crippen molar-refractivity contribution in [2.45, 2.75) is 38.7 Å². The molecular formula is C17H27NO3. The summed E-state index contributed by atoms with van der Waals surface area (Å²) >= 11 is 0. The summed E-state index contributed by atoms with van der Waals surface area (Å²) in [7, 11) is 0. The highest BCUT2D eigenvalue weighted by molar-refractivity contribution is 5.26. The largest absolute Gasteiger partial charge is 0.491 e. The minimum atomic E-state index is -0.538. The quantitative estimate of drug-likeness (QED) is 0.685. The smallest absolute Gasteiger partial charge is 0.119 e. The summed E-state index contributed by atoms with van der Waals surface area (Å²) in [6.07, 6.45) is 4.00. The minimum absolute atomic E-state index is 0.0253. The molecule has 1 aromatic carbocycles. The number of aryl methyl sites for hydroxylation is 1. The molecule has 4 heteroatoms. The zero-order chi connectivity index (χ0) is 15.1. The standard InChI is InChI=1S/C17H27NO3/c1-14-4-6-16(7-5-14)21-11-15(20)10-18-12-17(13-19)8-2-3-9-17/h4-7,15,18-20H,2-3,8-13H2,1H3. The molecule has 3 N–H and O–H groups in total. The summed E-state index contributed by atoms with van der Waals surface area (Å²) in [5, 5.41) is 22.7. The van der Waals surface area contributed by atoms with Crippen molar-refractivity contribution in [3.63, 3.8) is 0 Å². The van der Waals surface area contributed by atoms with Gasteiger partial charge in [0.05, 0.1) is 0 Å². The van der Waals surface area contributed by atoms with E-state index in [9.17, 15) is 10.2 Å². The van der Waals surface area contributed by atoms with Crippen LogP contribution in [0, 0.1) is 12.3 Å². The Morgan fingerprint density at radius 1 is 1.24 bits per heavy atom. The van der Waals surface area contributed by atoms with E-state index >= 15 is 0 Å². The maximum absolute atomic E-state index is 9.95. The summed E-state index contributed by atoms with van der Waals surface area (Å²) < 4.78 is 5.56. The normalized spacial score (nSPS) is 18.6. The van der Waals surface area contributed by atoms with Gasteiger partial charge in [0.2, 0.25) is 0 Å². The van der Waals surface area contributed by atoms with Crippen LogP contribution in [0.15, 0.2) is 24.3 Å². The van der Waals surface area contributed by atoms with E-state index in [0.717, 1.165) is 25.1 Å². The Balaban J connectivity index is 1.65. The average molecular weight is 293 g/mol. The number of aliphatic hydroxyl groups is 2. The molecule has 0 bridgehead atoms. The fourth-order valence-corrected chi connectivity index (χ4v) is 2.91. The Hall–Kier alpha value is -1.10. The van der Waals surface area contributed by atoms with Crippen LogP contribution in [0.5, 0.6) is 5.75 Å². The minimum Gasteiger partial charge on any atom is -0.491 e. The van der Waals surface area contributed by atoms with E-state index in [-0.39, 0.29) is 18.6 Å². The van der Waals surface area contributed by atoms with E-state index in [0.29, 0.717) is 6.54 Å². The van der Waals surface area contributed by atoms with E-state index in [4.69, 9.17) is 4.74 Å². The van der Waals surface area contributed by atoms with Crippen LogP contribution in [-0.2, 0) is 0 Å². The predicted octanol–water partition coefficient (Wildman–Crippen LogP) is 1.88. The molecule has 1 aliphatic carbocycles. The first kappa shape index (κ1) is 16.3. The summed E-state index contributed by atoms with van der Waals surface area (Å²) in [5.41, 5.74) is 1.22. The molecule has 0 spiro atoms. The molecule has 4 nitrogen and oxygen atoms in total. The number of nitrogens with one attached hydrogen (secondary N) is 1. The molecule has 0 radical (unpaired) electrons. The summed E-state index contributed by atoms with van der Waals surface area (Å²) in [5.74, 6) is 0.780. The molecule has 2 rings (SSSR count). The summed E-state index contributed by atoms with van der Waals surface area (Å²) in [4.78, 5) is 0. The van der Waals surface area contributed by atoms with E-state index < -0.39 is 6.10 Å². The van der Waals surface area contributed by atoms with Gasteiger partial charge in [0.25, 0.3) is 0 Å². The molecule has 1 unspecified atom stereocenters. The molecule has 0 aliphatic heterocycles. The molecule has 1 fully saturated rings. The number of rotatable bonds is 8. The molecule has 1 aliphatic rings. The van der Waals surface area contributed by atoms with E-state index in [1.807, 2.05) is 31.2 Å². The lowest BCUT2D eigenvalue weighted by atomic mass is 9.87. The Labute approximate surface area is 127 Å². The van der Waals surface area contributed by atoms with Crippen molar-refractivity contribution in [3.8, 4) is 5.75 Å². The van der Waals surface area contributed by atoms with Crippen molar-refractivity contribution < 1.29 is 14.9 Å². The second-order valence-corrected chi connectivity index (χ2v) is 6.27. The van der Waals surface area contributed by atoms with Crippen LogP contribution < -0.4 is 10.1 Å². The number of ether oxygens (including phenoxy) is 1. The van der Waals surface area contributed by atoms with Crippen molar-refractivity contribution in [1.29, 1.82) is 0 Å². The van der Waals surface area contributed by atoms with Crippen molar-refractivity contribution in [2.24, 2.45) is 5.41 Å². The van der Waals surface area contributed by atoms with Crippen LogP contribution in [0.25, 0.3) is 0 Å². The van der Waals surface area contributed by atoms with E-state index in [1.165, 1.54) is 18.4 Å². The van der Waals surface area contributed by atoms with Gasteiger partial charge in [0, 0.05) is 25.1 Å². The topological polar surface area (TPSA) is 61.7 Å². The van der Waals surface area contributed by atoms with Crippen molar-refractivity contribution in [2.75, 3.05) is 26.3 Å². The third-order valence-corrected chi connectivity index (χ3v) is 4.34. The van der Waals surface area contributed by atoms with Gasteiger partial charge in [-0.3, -0.25) is 0 Å². The zero-order valence-corrected chi connectivity index (χ0v) is 12.8. The highest BCUT2D eigenvalue weighted by atomic mass is 16.5. The third kappa shape index (κ3) is 4.99. The van der Waals surface area contributed by atoms with Crippen molar-refractivity contribution in [3.05, 3.63) is 29.8 Å². The van der Waals surface area contributed by atoms with Crippen molar-refractivity contribution >= 4 is 0 Å². The Bertz CT molecular complexity index is 413. The van der Waals surface area contributed by atoms with Crippen molar-refractivity contribution in [1.82, 2.24) is 5.32 Å². The van der Waals surface area contributed by atoms with Gasteiger partial charge in [-0.2, -0.15) is 0 Å². The van der Waals surface area contributed by atoms with Gasteiger partial charge in [-0.1, -0.05) is 30.5 Å². The second-order valence-electron chi connectivity index (χ2n) is 6.27. The Kier molecular flexibility index (Phi) is 6.03. The predicted molar refractivity (Wildman–Crippen MR) is 83.5 cm³/mol. The average Bonchev–Trinajstić information content (AvgIpc) is 2.96. The SMILES string of the molecule is Cc1ccc(OCC(O)CNCC2(CO)CCCC2)cc1. The highest BCUT2D eigenvalue weighted by Gasteiger charge is 2.32. The Morgan fingerprint density at radius 3 is 2.52 bits per heavy atom. The first-order valence-corrected chi connectivity index (χ1v) is 7.83. The molecule has 0 heterocycles. The number of hydrogen-bond donors (Lipinski definition) is 3. The molecule has 0 amide bonds. The summed E-state index contributed by atoms with van der Waals surface area (Å²) in [6, 6.07) is 7.81. The van der Waals surface area contributed by atoms with Gasteiger partial charge < -0.3 is 20.3 Å². The van der Waals surface area contributed by atoms with Crippen LogP contribution in [0.1, 0.15) is 31.2 Å². The van der Waals surface area contributed by atoms with Gasteiger partial charge >= 0.3 is 0 Å². The molecule has 21 heavy (non-hydrogen) atoms. The lowest BCUT2D eigenvalue weighted by Gasteiger charge is -2.27. The monoisotopic (exact) mass is 293 g/mol. The number of benzene rings is 1. The van der Waals surface area contributed by atoms with E-state index in [1.54, 1.807) is 0 Å². The van der Waals surface area contributed by atoms with Gasteiger partial charge in [0.1, 0.15) is 18.5 Å². The molecule has 1 saturated carbocycles. The van der Waals surface area contributed by atoms with Crippen LogP contribution >= 0.6 is 0 Å². The molecule has 1 atom stereocenters. The molecule has 1 aromatic rings. The van der Waals surface area contributed by atoms with Crippen LogP contribution in [0.4, 0.5) is 0 Å². The van der Waals surface area contributed by atoms with Gasteiger partial charge in [-0.15, -0.1) is 0 Å². The number of hydrogen-bond acceptors (Lipinski definition) is 4. The first-order valence-electron chi connectivity index (χ1n) is 7.83. The summed E-state index contributed by atoms with van der Waals surface area (Å²) in [6.45, 7) is 3.80.